The fraction of sp³-hybridized carbons (Fsp3) is 0.500. The lowest BCUT2D eigenvalue weighted by Crippen LogP contribution is -2.29. The second kappa shape index (κ2) is 7.76. The monoisotopic (exact) mass is 384 g/mol. The maximum absolute atomic E-state index is 12.9. The van der Waals surface area contributed by atoms with E-state index in [0.717, 1.165) is 23.4 Å². The van der Waals surface area contributed by atoms with Crippen LogP contribution >= 0.6 is 11.3 Å². The van der Waals surface area contributed by atoms with Crippen molar-refractivity contribution < 1.29 is 9.59 Å². The van der Waals surface area contributed by atoms with E-state index in [1.54, 1.807) is 11.9 Å². The molecule has 0 spiro atoms. The number of carbonyl (C=O) groups is 2. The van der Waals surface area contributed by atoms with Gasteiger partial charge in [0.1, 0.15) is 5.01 Å². The Bertz CT molecular complexity index is 816. The molecule has 1 N–H and O–H groups in total. The average molecular weight is 385 g/mol. The van der Waals surface area contributed by atoms with Gasteiger partial charge < -0.3 is 10.2 Å². The minimum Gasteiger partial charge on any atom is -0.338 e. The average Bonchev–Trinajstić information content (AvgIpc) is 3.28. The summed E-state index contributed by atoms with van der Waals surface area (Å²) in [6.07, 6.45) is 6.29. The number of likely N-dealkylation sites (tertiary alicyclic amines) is 1. The van der Waals surface area contributed by atoms with Crippen molar-refractivity contribution in [2.24, 2.45) is 5.92 Å². The summed E-state index contributed by atoms with van der Waals surface area (Å²) < 4.78 is 0. The molecule has 1 aliphatic heterocycles. The van der Waals surface area contributed by atoms with Crippen LogP contribution in [0, 0.1) is 5.92 Å². The summed E-state index contributed by atoms with van der Waals surface area (Å²) in [7, 11) is 1.76. The maximum Gasteiger partial charge on any atom is 0.232 e. The standard InChI is InChI=1S/C20H24N4O2S/c1-24-16(25)12-15(17(24)13-8-4-2-5-9-13)18(26)21-20-23-22-19(27-20)14-10-6-3-7-11-14/h2,4-5,8-9,14-15,17H,3,6-7,10-12H2,1H3,(H,21,23,26)/t15-,17+/m0/s1. The van der Waals surface area contributed by atoms with Gasteiger partial charge in [-0.1, -0.05) is 60.9 Å². The van der Waals surface area contributed by atoms with E-state index in [4.69, 9.17) is 0 Å². The van der Waals surface area contributed by atoms with Crippen molar-refractivity contribution in [3.63, 3.8) is 0 Å². The number of benzene rings is 1. The van der Waals surface area contributed by atoms with E-state index in [0.29, 0.717) is 11.0 Å². The van der Waals surface area contributed by atoms with Crippen LogP contribution in [-0.2, 0) is 9.59 Å². The van der Waals surface area contributed by atoms with E-state index in [2.05, 4.69) is 15.5 Å². The van der Waals surface area contributed by atoms with Crippen molar-refractivity contribution in [2.75, 3.05) is 12.4 Å². The van der Waals surface area contributed by atoms with Gasteiger partial charge in [0.15, 0.2) is 0 Å². The zero-order valence-corrected chi connectivity index (χ0v) is 16.2. The molecule has 2 amide bonds. The summed E-state index contributed by atoms with van der Waals surface area (Å²) in [6.45, 7) is 0. The third-order valence-electron chi connectivity index (χ3n) is 5.69. The lowest BCUT2D eigenvalue weighted by molar-refractivity contribution is -0.127. The number of rotatable bonds is 4. The molecule has 7 heteroatoms. The van der Waals surface area contributed by atoms with Crippen LogP contribution in [0.1, 0.15) is 61.1 Å². The van der Waals surface area contributed by atoms with E-state index in [9.17, 15) is 9.59 Å². The van der Waals surface area contributed by atoms with Crippen LogP contribution in [-0.4, -0.2) is 34.0 Å². The Kier molecular flexibility index (Phi) is 5.20. The highest BCUT2D eigenvalue weighted by Crippen LogP contribution is 2.39. The Hall–Kier alpha value is -2.28. The smallest absolute Gasteiger partial charge is 0.232 e. The zero-order valence-electron chi connectivity index (χ0n) is 15.4. The second-order valence-electron chi connectivity index (χ2n) is 7.44. The fourth-order valence-electron chi connectivity index (χ4n) is 4.21. The lowest BCUT2D eigenvalue weighted by atomic mass is 9.90. The molecule has 27 heavy (non-hydrogen) atoms. The molecule has 1 aromatic carbocycles. The minimum atomic E-state index is -0.424. The van der Waals surface area contributed by atoms with Gasteiger partial charge in [-0.25, -0.2) is 0 Å². The number of amides is 2. The van der Waals surface area contributed by atoms with Crippen molar-refractivity contribution in [1.82, 2.24) is 15.1 Å². The normalized spacial score (nSPS) is 23.6. The van der Waals surface area contributed by atoms with Crippen molar-refractivity contribution in [1.29, 1.82) is 0 Å². The minimum absolute atomic E-state index is 0.0100. The van der Waals surface area contributed by atoms with Crippen molar-refractivity contribution in [2.45, 2.75) is 50.5 Å². The SMILES string of the molecule is CN1C(=O)C[C@H](C(=O)Nc2nnc(C3CCCCC3)s2)[C@H]1c1ccccc1. The van der Waals surface area contributed by atoms with Gasteiger partial charge in [-0.15, -0.1) is 10.2 Å². The van der Waals surface area contributed by atoms with Crippen LogP contribution in [0.2, 0.25) is 0 Å². The summed E-state index contributed by atoms with van der Waals surface area (Å²) in [5, 5.41) is 12.9. The summed E-state index contributed by atoms with van der Waals surface area (Å²) in [5.41, 5.74) is 0.978. The molecule has 0 radical (unpaired) electrons. The van der Waals surface area contributed by atoms with Crippen molar-refractivity contribution in [3.8, 4) is 0 Å². The molecular weight excluding hydrogens is 360 g/mol. The fourth-order valence-corrected chi connectivity index (χ4v) is 5.12. The summed E-state index contributed by atoms with van der Waals surface area (Å²) in [4.78, 5) is 26.9. The predicted molar refractivity (Wildman–Crippen MR) is 104 cm³/mol. The first-order valence-corrected chi connectivity index (χ1v) is 10.4. The van der Waals surface area contributed by atoms with Gasteiger partial charge in [0, 0.05) is 19.4 Å². The first kappa shape index (κ1) is 18.1. The zero-order chi connectivity index (χ0) is 18.8. The Morgan fingerprint density at radius 2 is 1.89 bits per heavy atom. The van der Waals surface area contributed by atoms with Crippen LogP contribution in [0.5, 0.6) is 0 Å². The van der Waals surface area contributed by atoms with E-state index >= 15 is 0 Å². The molecule has 1 saturated carbocycles. The highest BCUT2D eigenvalue weighted by Gasteiger charge is 2.42. The molecule has 2 atom stereocenters. The van der Waals surface area contributed by atoms with Crippen LogP contribution in [0.25, 0.3) is 0 Å². The number of hydrogen-bond acceptors (Lipinski definition) is 5. The van der Waals surface area contributed by atoms with E-state index < -0.39 is 5.92 Å². The van der Waals surface area contributed by atoms with Gasteiger partial charge in [-0.3, -0.25) is 9.59 Å². The molecule has 142 valence electrons. The lowest BCUT2D eigenvalue weighted by Gasteiger charge is -2.24. The van der Waals surface area contributed by atoms with Gasteiger partial charge in [0.2, 0.25) is 16.9 Å². The first-order chi connectivity index (χ1) is 13.1. The number of hydrogen-bond donors (Lipinski definition) is 1. The van der Waals surface area contributed by atoms with Gasteiger partial charge in [0.25, 0.3) is 0 Å². The molecule has 6 nitrogen and oxygen atoms in total. The summed E-state index contributed by atoms with van der Waals surface area (Å²) >= 11 is 1.47. The van der Waals surface area contributed by atoms with E-state index in [-0.39, 0.29) is 24.3 Å². The van der Waals surface area contributed by atoms with Gasteiger partial charge in [0.05, 0.1) is 12.0 Å². The van der Waals surface area contributed by atoms with Gasteiger partial charge in [-0.05, 0) is 18.4 Å². The predicted octanol–water partition coefficient (Wildman–Crippen LogP) is 3.74. The molecular formula is C20H24N4O2S. The number of anilines is 1. The van der Waals surface area contributed by atoms with Crippen LogP contribution in [0.15, 0.2) is 30.3 Å². The molecule has 2 fully saturated rings. The van der Waals surface area contributed by atoms with E-state index in [1.807, 2.05) is 30.3 Å². The Morgan fingerprint density at radius 3 is 2.63 bits per heavy atom. The largest absolute Gasteiger partial charge is 0.338 e. The highest BCUT2D eigenvalue weighted by atomic mass is 32.1. The number of nitrogens with zero attached hydrogens (tertiary/aromatic N) is 3. The molecule has 1 aromatic heterocycles. The van der Waals surface area contributed by atoms with Crippen LogP contribution in [0.4, 0.5) is 5.13 Å². The Labute approximate surface area is 163 Å². The van der Waals surface area contributed by atoms with Gasteiger partial charge in [-0.2, -0.15) is 0 Å². The number of carbonyl (C=O) groups excluding carboxylic acids is 2. The second-order valence-corrected chi connectivity index (χ2v) is 8.45. The molecule has 0 bridgehead atoms. The third kappa shape index (κ3) is 3.74. The Morgan fingerprint density at radius 1 is 1.15 bits per heavy atom. The molecule has 0 unspecified atom stereocenters. The first-order valence-electron chi connectivity index (χ1n) is 9.58. The Balaban J connectivity index is 1.48. The third-order valence-corrected chi connectivity index (χ3v) is 6.69. The topological polar surface area (TPSA) is 75.2 Å². The quantitative estimate of drug-likeness (QED) is 0.871. The maximum atomic E-state index is 12.9. The number of nitrogens with one attached hydrogen (secondary N) is 1. The number of aromatic nitrogens is 2. The summed E-state index contributed by atoms with van der Waals surface area (Å²) in [6, 6.07) is 9.48. The van der Waals surface area contributed by atoms with E-state index in [1.165, 1.54) is 30.6 Å². The van der Waals surface area contributed by atoms with Crippen molar-refractivity contribution >= 4 is 28.3 Å². The molecule has 2 aliphatic rings. The highest BCUT2D eigenvalue weighted by molar-refractivity contribution is 7.15. The molecule has 1 aliphatic carbocycles. The van der Waals surface area contributed by atoms with Crippen LogP contribution in [0.3, 0.4) is 0 Å². The van der Waals surface area contributed by atoms with Crippen molar-refractivity contribution in [3.05, 3.63) is 40.9 Å². The van der Waals surface area contributed by atoms with Crippen LogP contribution < -0.4 is 5.32 Å². The van der Waals surface area contributed by atoms with Gasteiger partial charge >= 0.3 is 0 Å². The molecule has 2 aromatic rings. The molecule has 4 rings (SSSR count). The molecule has 1 saturated heterocycles. The molecule has 2 heterocycles. The summed E-state index contributed by atoms with van der Waals surface area (Å²) in [5.74, 6) is -0.123.